The van der Waals surface area contributed by atoms with Crippen LogP contribution in [0.15, 0.2) is 35.0 Å². The van der Waals surface area contributed by atoms with Crippen LogP contribution in [0.25, 0.3) is 5.52 Å². The number of halogens is 2. The minimum absolute atomic E-state index is 0.0199. The van der Waals surface area contributed by atoms with Crippen LogP contribution in [0.5, 0.6) is 0 Å². The third-order valence-corrected chi connectivity index (χ3v) is 5.71. The van der Waals surface area contributed by atoms with Gasteiger partial charge in [0.15, 0.2) is 5.67 Å². The van der Waals surface area contributed by atoms with E-state index in [1.165, 1.54) is 13.8 Å². The Morgan fingerprint density at radius 2 is 2.19 bits per heavy atom. The van der Waals surface area contributed by atoms with Crippen molar-refractivity contribution in [2.45, 2.75) is 38.9 Å². The Morgan fingerprint density at radius 3 is 2.90 bits per heavy atom. The largest absolute Gasteiger partial charge is 0.432 e. The number of amides is 1. The number of imidazole rings is 1. The van der Waals surface area contributed by atoms with Gasteiger partial charge >= 0.3 is 0 Å². The molecule has 10 heteroatoms. The number of H-pyrrole nitrogens is 1. The van der Waals surface area contributed by atoms with Gasteiger partial charge < -0.3 is 14.3 Å². The Morgan fingerprint density at radius 1 is 1.39 bits per heavy atom. The number of hydrogen-bond acceptors (Lipinski definition) is 5. The Kier molecular flexibility index (Phi) is 4.40. The molecule has 4 aromatic rings. The van der Waals surface area contributed by atoms with E-state index in [9.17, 15) is 9.18 Å². The molecule has 5 heterocycles. The molecule has 0 aromatic carbocycles. The smallest absolute Gasteiger partial charge is 0.292 e. The molecule has 160 valence electrons. The molecule has 1 atom stereocenters. The first-order chi connectivity index (χ1) is 14.7. The number of aromatic amines is 1. The molecule has 5 rings (SSSR count). The van der Waals surface area contributed by atoms with Crippen molar-refractivity contribution in [3.8, 4) is 0 Å². The number of rotatable bonds is 3. The molecule has 1 amide bonds. The second-order valence-corrected chi connectivity index (χ2v) is 8.47. The van der Waals surface area contributed by atoms with Gasteiger partial charge in [-0.2, -0.15) is 5.10 Å². The van der Waals surface area contributed by atoms with E-state index in [1.807, 2.05) is 18.2 Å². The van der Waals surface area contributed by atoms with Crippen LogP contribution in [0.4, 0.5) is 4.39 Å². The van der Waals surface area contributed by atoms with Crippen molar-refractivity contribution in [2.24, 2.45) is 0 Å². The van der Waals surface area contributed by atoms with Crippen LogP contribution in [-0.4, -0.2) is 41.9 Å². The maximum absolute atomic E-state index is 14.4. The van der Waals surface area contributed by atoms with Crippen LogP contribution in [-0.2, 0) is 12.1 Å². The summed E-state index contributed by atoms with van der Waals surface area (Å²) < 4.78 is 21.5. The first kappa shape index (κ1) is 19.7. The third-order valence-electron chi connectivity index (χ3n) is 5.42. The normalized spacial score (nSPS) is 16.7. The molecular weight excluding hydrogens is 423 g/mol. The van der Waals surface area contributed by atoms with Crippen LogP contribution in [0.3, 0.4) is 0 Å². The van der Waals surface area contributed by atoms with E-state index in [2.05, 4.69) is 20.1 Å². The van der Waals surface area contributed by atoms with Gasteiger partial charge in [0.05, 0.1) is 28.9 Å². The molecule has 0 radical (unpaired) electrons. The Bertz CT molecular complexity index is 1300. The zero-order chi connectivity index (χ0) is 21.9. The summed E-state index contributed by atoms with van der Waals surface area (Å²) in [6.07, 6.45) is 2.21. The second-order valence-electron chi connectivity index (χ2n) is 8.08. The quantitative estimate of drug-likeness (QED) is 0.484. The topological polar surface area (TPSA) is 92.3 Å². The van der Waals surface area contributed by atoms with E-state index >= 15 is 0 Å². The number of aryl methyl sites for hydroxylation is 1. The van der Waals surface area contributed by atoms with Crippen molar-refractivity contribution in [1.82, 2.24) is 29.5 Å². The highest BCUT2D eigenvalue weighted by molar-refractivity contribution is 6.29. The minimum Gasteiger partial charge on any atom is -0.432 e. The standard InChI is InChI=1S/C21H20ClFN6O2/c1-11-18(31-20(26-11)21(2,3)23)19(30)28-8-7-13-16(25-10-24-13)17(28)14-9-12-5-4-6-15(22)29(12)27-14/h4-6,9-10,17H,7-8H2,1-3H3,(H,24,25)/t17-/m0/s1. The molecular formula is C21H20ClFN6O2. The second kappa shape index (κ2) is 6.91. The van der Waals surface area contributed by atoms with Gasteiger partial charge in [0.25, 0.3) is 5.91 Å². The number of aromatic nitrogens is 5. The monoisotopic (exact) mass is 442 g/mol. The van der Waals surface area contributed by atoms with Crippen LogP contribution < -0.4 is 0 Å². The lowest BCUT2D eigenvalue weighted by atomic mass is 9.99. The molecule has 0 unspecified atom stereocenters. The van der Waals surface area contributed by atoms with Gasteiger partial charge in [0, 0.05) is 18.7 Å². The molecule has 0 fully saturated rings. The molecule has 0 saturated carbocycles. The zero-order valence-electron chi connectivity index (χ0n) is 17.2. The van der Waals surface area contributed by atoms with Gasteiger partial charge in [0.1, 0.15) is 11.2 Å². The molecule has 0 bridgehead atoms. The summed E-state index contributed by atoms with van der Waals surface area (Å²) in [4.78, 5) is 26.9. The van der Waals surface area contributed by atoms with Gasteiger partial charge in [-0.3, -0.25) is 4.79 Å². The maximum Gasteiger partial charge on any atom is 0.292 e. The number of fused-ring (bicyclic) bond motifs is 2. The fraction of sp³-hybridized carbons (Fsp3) is 0.333. The predicted octanol–water partition coefficient (Wildman–Crippen LogP) is 4.00. The number of hydrogen-bond donors (Lipinski definition) is 1. The number of carbonyl (C=O) groups is 1. The van der Waals surface area contributed by atoms with Crippen molar-refractivity contribution in [3.63, 3.8) is 0 Å². The van der Waals surface area contributed by atoms with Crippen LogP contribution in [0, 0.1) is 6.92 Å². The maximum atomic E-state index is 14.4. The molecule has 0 spiro atoms. The summed E-state index contributed by atoms with van der Waals surface area (Å²) in [5, 5.41) is 5.10. The molecule has 0 saturated heterocycles. The number of pyridine rings is 1. The lowest BCUT2D eigenvalue weighted by Gasteiger charge is -2.33. The van der Waals surface area contributed by atoms with Crippen molar-refractivity contribution in [3.05, 3.63) is 70.2 Å². The fourth-order valence-electron chi connectivity index (χ4n) is 3.91. The molecule has 1 aliphatic heterocycles. The Hall–Kier alpha value is -3.20. The fourth-order valence-corrected chi connectivity index (χ4v) is 4.12. The van der Waals surface area contributed by atoms with E-state index in [0.717, 1.165) is 11.2 Å². The van der Waals surface area contributed by atoms with Gasteiger partial charge in [-0.1, -0.05) is 17.7 Å². The number of carbonyl (C=O) groups excluding carboxylic acids is 1. The summed E-state index contributed by atoms with van der Waals surface area (Å²) >= 11 is 6.29. The van der Waals surface area contributed by atoms with E-state index in [0.29, 0.717) is 35.2 Å². The highest BCUT2D eigenvalue weighted by atomic mass is 35.5. The van der Waals surface area contributed by atoms with Crippen LogP contribution in [0.1, 0.15) is 59.1 Å². The Balaban J connectivity index is 1.61. The van der Waals surface area contributed by atoms with Crippen molar-refractivity contribution < 1.29 is 13.6 Å². The molecule has 0 aliphatic carbocycles. The van der Waals surface area contributed by atoms with E-state index < -0.39 is 11.7 Å². The SMILES string of the molecule is Cc1nc(C(C)(C)F)oc1C(=O)N1CCc2[nH]cnc2[C@@H]1c1cc2cccc(Cl)n2n1. The minimum atomic E-state index is -1.79. The van der Waals surface area contributed by atoms with Crippen molar-refractivity contribution in [2.75, 3.05) is 6.54 Å². The van der Waals surface area contributed by atoms with Crippen molar-refractivity contribution in [1.29, 1.82) is 0 Å². The lowest BCUT2D eigenvalue weighted by molar-refractivity contribution is 0.0642. The molecule has 1 N–H and O–H groups in total. The summed E-state index contributed by atoms with van der Waals surface area (Å²) in [7, 11) is 0. The lowest BCUT2D eigenvalue weighted by Crippen LogP contribution is -2.41. The average Bonchev–Trinajstić information content (AvgIpc) is 3.44. The summed E-state index contributed by atoms with van der Waals surface area (Å²) in [6, 6.07) is 6.80. The van der Waals surface area contributed by atoms with Crippen molar-refractivity contribution >= 4 is 23.0 Å². The summed E-state index contributed by atoms with van der Waals surface area (Å²) in [6.45, 7) is 4.73. The van der Waals surface area contributed by atoms with Gasteiger partial charge in [0.2, 0.25) is 11.7 Å². The summed E-state index contributed by atoms with van der Waals surface area (Å²) in [5.74, 6) is -0.490. The van der Waals surface area contributed by atoms with E-state index in [-0.39, 0.29) is 17.6 Å². The molecule has 31 heavy (non-hydrogen) atoms. The first-order valence-corrected chi connectivity index (χ1v) is 10.3. The predicted molar refractivity (Wildman–Crippen MR) is 111 cm³/mol. The highest BCUT2D eigenvalue weighted by Gasteiger charge is 2.39. The third kappa shape index (κ3) is 3.20. The Labute approximate surface area is 182 Å². The zero-order valence-corrected chi connectivity index (χ0v) is 17.9. The molecule has 8 nitrogen and oxygen atoms in total. The summed E-state index contributed by atoms with van der Waals surface area (Å²) in [5.41, 5.74) is 1.63. The first-order valence-electron chi connectivity index (χ1n) is 9.88. The number of alkyl halides is 1. The number of nitrogens with one attached hydrogen (secondary N) is 1. The van der Waals surface area contributed by atoms with Gasteiger partial charge in [-0.25, -0.2) is 18.9 Å². The molecule has 1 aliphatic rings. The number of oxazole rings is 1. The molecule has 4 aromatic heterocycles. The highest BCUT2D eigenvalue weighted by Crippen LogP contribution is 2.36. The van der Waals surface area contributed by atoms with E-state index in [1.54, 1.807) is 28.7 Å². The average molecular weight is 443 g/mol. The van der Waals surface area contributed by atoms with Gasteiger partial charge in [-0.15, -0.1) is 0 Å². The number of nitrogens with zero attached hydrogens (tertiary/aromatic N) is 5. The van der Waals surface area contributed by atoms with E-state index in [4.69, 9.17) is 16.0 Å². The van der Waals surface area contributed by atoms with Gasteiger partial charge in [-0.05, 0) is 39.0 Å². The van der Waals surface area contributed by atoms with Crippen LogP contribution >= 0.6 is 11.6 Å². The van der Waals surface area contributed by atoms with Crippen LogP contribution in [0.2, 0.25) is 5.15 Å².